The van der Waals surface area contributed by atoms with Gasteiger partial charge in [0.25, 0.3) is 0 Å². The van der Waals surface area contributed by atoms with E-state index in [4.69, 9.17) is 0 Å². The van der Waals surface area contributed by atoms with Gasteiger partial charge in [-0.2, -0.15) is 11.3 Å². The van der Waals surface area contributed by atoms with Crippen molar-refractivity contribution in [2.75, 3.05) is 6.54 Å². The van der Waals surface area contributed by atoms with E-state index in [1.165, 1.54) is 5.56 Å². The zero-order chi connectivity index (χ0) is 16.1. The van der Waals surface area contributed by atoms with Gasteiger partial charge in [0, 0.05) is 25.0 Å². The maximum atomic E-state index is 10.5. The predicted octanol–water partition coefficient (Wildman–Crippen LogP) is 4.25. The predicted molar refractivity (Wildman–Crippen MR) is 96.7 cm³/mol. The van der Waals surface area contributed by atoms with Crippen LogP contribution in [-0.4, -0.2) is 21.5 Å². The topological polar surface area (TPSA) is 36.4 Å². The normalized spacial score (nSPS) is 12.7. The molecule has 1 aromatic carbocycles. The molecule has 0 bridgehead atoms. The van der Waals surface area contributed by atoms with E-state index in [0.29, 0.717) is 6.54 Å². The van der Waals surface area contributed by atoms with Crippen molar-refractivity contribution >= 4 is 22.7 Å². The number of aromatic nitrogens is 1. The Balaban J connectivity index is 1.72. The Bertz CT molecular complexity index is 710. The number of aliphatic hydroxyl groups is 1. The molecule has 0 spiro atoms. The minimum atomic E-state index is -0.468. The number of thiazole rings is 1. The SMILES string of the molecule is Cc1nc(CN(Cc2ccccc2)CC(O)c2ccsc2)cs1. The van der Waals surface area contributed by atoms with E-state index in [0.717, 1.165) is 29.4 Å². The molecule has 0 radical (unpaired) electrons. The van der Waals surface area contributed by atoms with Crippen molar-refractivity contribution in [1.82, 2.24) is 9.88 Å². The summed E-state index contributed by atoms with van der Waals surface area (Å²) in [6.45, 7) is 4.18. The standard InChI is InChI=1S/C18H20N2OS2/c1-14-19-17(13-23-14)10-20(9-15-5-3-2-4-6-15)11-18(21)16-7-8-22-12-16/h2-8,12-13,18,21H,9-11H2,1H3. The summed E-state index contributed by atoms with van der Waals surface area (Å²) in [5, 5.41) is 17.7. The molecule has 2 heterocycles. The Morgan fingerprint density at radius 3 is 2.61 bits per heavy atom. The van der Waals surface area contributed by atoms with Crippen LogP contribution in [0.1, 0.15) is 27.9 Å². The van der Waals surface area contributed by atoms with E-state index in [2.05, 4.69) is 39.5 Å². The summed E-state index contributed by atoms with van der Waals surface area (Å²) >= 11 is 3.29. The molecule has 120 valence electrons. The van der Waals surface area contributed by atoms with Crippen molar-refractivity contribution in [1.29, 1.82) is 0 Å². The molecule has 3 rings (SSSR count). The number of benzene rings is 1. The van der Waals surface area contributed by atoms with Gasteiger partial charge in [0.15, 0.2) is 0 Å². The zero-order valence-corrected chi connectivity index (χ0v) is 14.7. The molecular formula is C18H20N2OS2. The molecule has 3 aromatic rings. The third-order valence-corrected chi connectivity index (χ3v) is 5.18. The van der Waals surface area contributed by atoms with Gasteiger partial charge >= 0.3 is 0 Å². The Hall–Kier alpha value is -1.53. The molecule has 1 unspecified atom stereocenters. The maximum absolute atomic E-state index is 10.5. The number of nitrogens with zero attached hydrogens (tertiary/aromatic N) is 2. The molecule has 23 heavy (non-hydrogen) atoms. The fourth-order valence-electron chi connectivity index (χ4n) is 2.55. The molecule has 5 heteroatoms. The van der Waals surface area contributed by atoms with Crippen molar-refractivity contribution < 1.29 is 5.11 Å². The van der Waals surface area contributed by atoms with Gasteiger partial charge < -0.3 is 5.11 Å². The summed E-state index contributed by atoms with van der Waals surface area (Å²) in [6, 6.07) is 12.4. The van der Waals surface area contributed by atoms with Crippen LogP contribution in [0, 0.1) is 6.92 Å². The van der Waals surface area contributed by atoms with Crippen LogP contribution < -0.4 is 0 Å². The Morgan fingerprint density at radius 1 is 1.13 bits per heavy atom. The number of hydrogen-bond acceptors (Lipinski definition) is 5. The van der Waals surface area contributed by atoms with Crippen molar-refractivity contribution in [2.45, 2.75) is 26.1 Å². The minimum Gasteiger partial charge on any atom is -0.387 e. The van der Waals surface area contributed by atoms with Gasteiger partial charge in [0.1, 0.15) is 0 Å². The van der Waals surface area contributed by atoms with E-state index >= 15 is 0 Å². The van der Waals surface area contributed by atoms with E-state index in [1.54, 1.807) is 22.7 Å². The van der Waals surface area contributed by atoms with Crippen molar-refractivity contribution in [3.05, 3.63) is 74.4 Å². The number of thiophene rings is 1. The van der Waals surface area contributed by atoms with Crippen LogP contribution in [0.5, 0.6) is 0 Å². The van der Waals surface area contributed by atoms with Crippen LogP contribution in [0.4, 0.5) is 0 Å². The number of rotatable bonds is 7. The lowest BCUT2D eigenvalue weighted by atomic mass is 10.1. The highest BCUT2D eigenvalue weighted by atomic mass is 32.1. The van der Waals surface area contributed by atoms with Gasteiger partial charge in [0.05, 0.1) is 16.8 Å². The largest absolute Gasteiger partial charge is 0.387 e. The van der Waals surface area contributed by atoms with Crippen LogP contribution in [0.3, 0.4) is 0 Å². The molecule has 0 saturated carbocycles. The van der Waals surface area contributed by atoms with E-state index < -0.39 is 6.10 Å². The molecule has 2 aromatic heterocycles. The molecule has 1 atom stereocenters. The van der Waals surface area contributed by atoms with E-state index in [-0.39, 0.29) is 0 Å². The smallest absolute Gasteiger partial charge is 0.0925 e. The third-order valence-electron chi connectivity index (χ3n) is 3.66. The van der Waals surface area contributed by atoms with Gasteiger partial charge in [-0.3, -0.25) is 4.90 Å². The van der Waals surface area contributed by atoms with Crippen LogP contribution in [-0.2, 0) is 13.1 Å². The minimum absolute atomic E-state index is 0.468. The van der Waals surface area contributed by atoms with E-state index in [9.17, 15) is 5.11 Å². The number of aliphatic hydroxyl groups excluding tert-OH is 1. The quantitative estimate of drug-likeness (QED) is 0.696. The lowest BCUT2D eigenvalue weighted by Crippen LogP contribution is -2.28. The third kappa shape index (κ3) is 4.72. The first kappa shape index (κ1) is 16.3. The second-order valence-corrected chi connectivity index (χ2v) is 7.43. The fraction of sp³-hybridized carbons (Fsp3) is 0.278. The summed E-state index contributed by atoms with van der Waals surface area (Å²) in [5.41, 5.74) is 3.31. The lowest BCUT2D eigenvalue weighted by molar-refractivity contribution is 0.104. The highest BCUT2D eigenvalue weighted by Gasteiger charge is 2.16. The fourth-order valence-corrected chi connectivity index (χ4v) is 3.86. The van der Waals surface area contributed by atoms with Gasteiger partial charge in [-0.1, -0.05) is 30.3 Å². The van der Waals surface area contributed by atoms with Gasteiger partial charge in [0.2, 0.25) is 0 Å². The first-order chi connectivity index (χ1) is 11.2. The highest BCUT2D eigenvalue weighted by molar-refractivity contribution is 7.09. The first-order valence-corrected chi connectivity index (χ1v) is 9.40. The zero-order valence-electron chi connectivity index (χ0n) is 13.1. The maximum Gasteiger partial charge on any atom is 0.0925 e. The molecule has 0 aliphatic rings. The van der Waals surface area contributed by atoms with Crippen LogP contribution in [0.2, 0.25) is 0 Å². The molecule has 3 nitrogen and oxygen atoms in total. The summed E-state index contributed by atoms with van der Waals surface area (Å²) in [4.78, 5) is 6.82. The first-order valence-electron chi connectivity index (χ1n) is 7.58. The van der Waals surface area contributed by atoms with Crippen LogP contribution in [0.15, 0.2) is 52.5 Å². The molecule has 0 aliphatic carbocycles. The van der Waals surface area contributed by atoms with Crippen molar-refractivity contribution in [2.24, 2.45) is 0 Å². The second kappa shape index (κ2) is 7.84. The van der Waals surface area contributed by atoms with Crippen LogP contribution >= 0.6 is 22.7 Å². The number of aryl methyl sites for hydroxylation is 1. The monoisotopic (exact) mass is 344 g/mol. The lowest BCUT2D eigenvalue weighted by Gasteiger charge is -2.24. The summed E-state index contributed by atoms with van der Waals surface area (Å²) < 4.78 is 0. The average Bonchev–Trinajstić information content (AvgIpc) is 3.20. The van der Waals surface area contributed by atoms with Crippen molar-refractivity contribution in [3.8, 4) is 0 Å². The van der Waals surface area contributed by atoms with Crippen LogP contribution in [0.25, 0.3) is 0 Å². The van der Waals surface area contributed by atoms with Gasteiger partial charge in [-0.15, -0.1) is 11.3 Å². The van der Waals surface area contributed by atoms with Crippen molar-refractivity contribution in [3.63, 3.8) is 0 Å². The summed E-state index contributed by atoms with van der Waals surface area (Å²) in [6.07, 6.45) is -0.468. The number of hydrogen-bond donors (Lipinski definition) is 1. The Kier molecular flexibility index (Phi) is 5.56. The molecule has 0 saturated heterocycles. The highest BCUT2D eigenvalue weighted by Crippen LogP contribution is 2.20. The molecule has 0 fully saturated rings. The van der Waals surface area contributed by atoms with Gasteiger partial charge in [-0.05, 0) is 34.9 Å². The average molecular weight is 345 g/mol. The summed E-state index contributed by atoms with van der Waals surface area (Å²) in [7, 11) is 0. The molecule has 0 amide bonds. The Morgan fingerprint density at radius 2 is 1.96 bits per heavy atom. The Labute approximate surface area is 144 Å². The molecular weight excluding hydrogens is 324 g/mol. The molecule has 1 N–H and O–H groups in total. The van der Waals surface area contributed by atoms with Gasteiger partial charge in [-0.25, -0.2) is 4.98 Å². The second-order valence-electron chi connectivity index (χ2n) is 5.59. The summed E-state index contributed by atoms with van der Waals surface area (Å²) in [5.74, 6) is 0. The molecule has 0 aliphatic heterocycles. The van der Waals surface area contributed by atoms with E-state index in [1.807, 2.05) is 29.8 Å².